The quantitative estimate of drug-likeness (QED) is 0.879. The summed E-state index contributed by atoms with van der Waals surface area (Å²) in [4.78, 5) is 13.3. The van der Waals surface area contributed by atoms with Crippen molar-refractivity contribution in [1.82, 2.24) is 4.90 Å². The average molecular weight is 307 g/mol. The van der Waals surface area contributed by atoms with Crippen molar-refractivity contribution in [2.45, 2.75) is 32.0 Å². The molecule has 118 valence electrons. The van der Waals surface area contributed by atoms with E-state index in [4.69, 9.17) is 9.15 Å². The zero-order valence-electron chi connectivity index (χ0n) is 12.7. The van der Waals surface area contributed by atoms with Crippen molar-refractivity contribution in [2.75, 3.05) is 13.1 Å². The lowest BCUT2D eigenvalue weighted by atomic mass is 9.91. The molecule has 0 spiro atoms. The minimum absolute atomic E-state index is 0.0589. The van der Waals surface area contributed by atoms with Gasteiger partial charge in [0.05, 0.1) is 13.1 Å². The molecule has 0 bridgehead atoms. The van der Waals surface area contributed by atoms with E-state index in [1.54, 1.807) is 39.0 Å². The number of hydrogen-bond donors (Lipinski definition) is 1. The molecule has 1 N–H and O–H groups in total. The van der Waals surface area contributed by atoms with Gasteiger partial charge in [-0.25, -0.2) is 9.18 Å². The van der Waals surface area contributed by atoms with Crippen LogP contribution >= 0.6 is 0 Å². The van der Waals surface area contributed by atoms with Gasteiger partial charge in [-0.3, -0.25) is 0 Å². The van der Waals surface area contributed by atoms with Crippen LogP contribution in [0.15, 0.2) is 28.7 Å². The molecule has 22 heavy (non-hydrogen) atoms. The predicted molar refractivity (Wildman–Crippen MR) is 77.9 cm³/mol. The normalized spacial score (nSPS) is 17.4. The minimum Gasteiger partial charge on any atom is -0.455 e. The van der Waals surface area contributed by atoms with Crippen LogP contribution < -0.4 is 0 Å². The molecule has 1 fully saturated rings. The molecule has 2 aromatic rings. The molecule has 0 aliphatic carbocycles. The largest absolute Gasteiger partial charge is 0.455 e. The number of hydrogen-bond acceptors (Lipinski definition) is 4. The van der Waals surface area contributed by atoms with Crippen LogP contribution in [0.2, 0.25) is 0 Å². The first-order valence-electron chi connectivity index (χ1n) is 7.07. The Morgan fingerprint density at radius 1 is 1.41 bits per heavy atom. The van der Waals surface area contributed by atoms with Gasteiger partial charge >= 0.3 is 6.09 Å². The van der Waals surface area contributed by atoms with Crippen molar-refractivity contribution in [1.29, 1.82) is 0 Å². The van der Waals surface area contributed by atoms with Crippen LogP contribution in [-0.2, 0) is 10.3 Å². The van der Waals surface area contributed by atoms with Gasteiger partial charge in [-0.1, -0.05) is 12.1 Å². The maximum Gasteiger partial charge on any atom is 0.410 e. The van der Waals surface area contributed by atoms with Crippen molar-refractivity contribution >= 4 is 17.1 Å². The fourth-order valence-electron chi connectivity index (χ4n) is 2.45. The van der Waals surface area contributed by atoms with Crippen molar-refractivity contribution < 1.29 is 23.4 Å². The number of halogens is 1. The highest BCUT2D eigenvalue weighted by atomic mass is 19.1. The third kappa shape index (κ3) is 2.54. The number of likely N-dealkylation sites (tertiary alicyclic amines) is 1. The second-order valence-corrected chi connectivity index (χ2v) is 6.64. The van der Waals surface area contributed by atoms with E-state index in [-0.39, 0.29) is 24.4 Å². The summed E-state index contributed by atoms with van der Waals surface area (Å²) >= 11 is 0. The number of rotatable bonds is 1. The van der Waals surface area contributed by atoms with Crippen LogP contribution in [0.5, 0.6) is 0 Å². The summed E-state index contributed by atoms with van der Waals surface area (Å²) in [5, 5.41) is 11.1. The monoisotopic (exact) mass is 307 g/mol. The Morgan fingerprint density at radius 2 is 2.09 bits per heavy atom. The number of furan rings is 1. The Morgan fingerprint density at radius 3 is 2.68 bits per heavy atom. The summed E-state index contributed by atoms with van der Waals surface area (Å²) < 4.78 is 24.3. The Balaban J connectivity index is 1.76. The van der Waals surface area contributed by atoms with Crippen LogP contribution in [0.3, 0.4) is 0 Å². The Kier molecular flexibility index (Phi) is 3.18. The minimum atomic E-state index is -1.30. The summed E-state index contributed by atoms with van der Waals surface area (Å²) in [6.45, 7) is 5.45. The molecule has 1 aliphatic rings. The molecule has 0 unspecified atom stereocenters. The third-order valence-electron chi connectivity index (χ3n) is 3.51. The molecule has 2 heterocycles. The average Bonchev–Trinajstić information content (AvgIpc) is 2.78. The number of amides is 1. The summed E-state index contributed by atoms with van der Waals surface area (Å²) in [5.74, 6) is -0.219. The van der Waals surface area contributed by atoms with Crippen LogP contribution in [0.4, 0.5) is 9.18 Å². The number of benzene rings is 1. The number of carbonyl (C=O) groups is 1. The molecule has 3 rings (SSSR count). The fraction of sp³-hybridized carbons (Fsp3) is 0.438. The van der Waals surface area contributed by atoms with E-state index >= 15 is 0 Å². The molecule has 1 saturated heterocycles. The predicted octanol–water partition coefficient (Wildman–Crippen LogP) is 3.01. The van der Waals surface area contributed by atoms with Crippen LogP contribution in [-0.4, -0.2) is 34.8 Å². The van der Waals surface area contributed by atoms with Gasteiger partial charge in [0.15, 0.2) is 17.0 Å². The summed E-state index contributed by atoms with van der Waals surface area (Å²) in [6, 6.07) is 6.19. The molecule has 5 nitrogen and oxygen atoms in total. The SMILES string of the molecule is CC(C)(C)OC(=O)N1CC(O)(c2cc3cccc(F)c3o2)C1. The highest BCUT2D eigenvalue weighted by Gasteiger charge is 2.48. The van der Waals surface area contributed by atoms with Crippen LogP contribution in [0.1, 0.15) is 26.5 Å². The van der Waals surface area contributed by atoms with Gasteiger partial charge in [-0.15, -0.1) is 0 Å². The number of β-amino-alcohol motifs (C(OH)–C–C–N with tert-alkyl or cyclic N) is 1. The second kappa shape index (κ2) is 4.71. The molecule has 6 heteroatoms. The van der Waals surface area contributed by atoms with E-state index in [1.807, 2.05) is 0 Å². The standard InChI is InChI=1S/C16H18FNO4/c1-15(2,3)22-14(19)18-8-16(20,9-18)12-7-10-5-4-6-11(17)13(10)21-12/h4-7,20H,8-9H2,1-3H3. The van der Waals surface area contributed by atoms with Gasteiger partial charge in [-0.2, -0.15) is 0 Å². The number of carbonyl (C=O) groups excluding carboxylic acids is 1. The molecule has 1 aromatic carbocycles. The zero-order valence-corrected chi connectivity index (χ0v) is 12.7. The summed E-state index contributed by atoms with van der Waals surface area (Å²) in [6.07, 6.45) is -0.487. The molecule has 1 aromatic heterocycles. The maximum absolute atomic E-state index is 13.6. The number of aliphatic hydroxyl groups is 1. The molecule has 0 saturated carbocycles. The zero-order chi connectivity index (χ0) is 16.1. The van der Waals surface area contributed by atoms with Gasteiger partial charge in [-0.05, 0) is 32.9 Å². The highest BCUT2D eigenvalue weighted by molar-refractivity contribution is 5.79. The van der Waals surface area contributed by atoms with Gasteiger partial charge in [0.1, 0.15) is 11.4 Å². The van der Waals surface area contributed by atoms with Crippen molar-refractivity contribution in [3.63, 3.8) is 0 Å². The first-order valence-corrected chi connectivity index (χ1v) is 7.07. The smallest absolute Gasteiger partial charge is 0.410 e. The van der Waals surface area contributed by atoms with Crippen LogP contribution in [0.25, 0.3) is 11.0 Å². The molecule has 0 atom stereocenters. The van der Waals surface area contributed by atoms with E-state index in [2.05, 4.69) is 0 Å². The van der Waals surface area contributed by atoms with Gasteiger partial charge in [0, 0.05) is 5.39 Å². The van der Waals surface area contributed by atoms with E-state index in [0.717, 1.165) is 0 Å². The second-order valence-electron chi connectivity index (χ2n) is 6.64. The Labute approximate surface area is 127 Å². The number of ether oxygens (including phenoxy) is 1. The highest BCUT2D eigenvalue weighted by Crippen LogP contribution is 2.36. The Hall–Kier alpha value is -2.08. The van der Waals surface area contributed by atoms with E-state index in [0.29, 0.717) is 5.39 Å². The van der Waals surface area contributed by atoms with Crippen molar-refractivity contribution in [2.24, 2.45) is 0 Å². The molecule has 1 aliphatic heterocycles. The van der Waals surface area contributed by atoms with E-state index in [9.17, 15) is 14.3 Å². The molecule has 0 radical (unpaired) electrons. The lowest BCUT2D eigenvalue weighted by Gasteiger charge is -2.44. The molecular weight excluding hydrogens is 289 g/mol. The number of para-hydroxylation sites is 1. The van der Waals surface area contributed by atoms with Crippen LogP contribution in [0, 0.1) is 5.82 Å². The molecular formula is C16H18FNO4. The summed E-state index contributed by atoms with van der Waals surface area (Å²) in [7, 11) is 0. The lowest BCUT2D eigenvalue weighted by molar-refractivity contribution is -0.114. The van der Waals surface area contributed by atoms with Gasteiger partial charge in [0.25, 0.3) is 0 Å². The van der Waals surface area contributed by atoms with Crippen molar-refractivity contribution in [3.05, 3.63) is 35.8 Å². The van der Waals surface area contributed by atoms with Gasteiger partial charge < -0.3 is 19.2 Å². The maximum atomic E-state index is 13.6. The first kappa shape index (κ1) is 14.8. The summed E-state index contributed by atoms with van der Waals surface area (Å²) in [5.41, 5.74) is -1.78. The Bertz CT molecular complexity index is 725. The lowest BCUT2D eigenvalue weighted by Crippen LogP contribution is -2.61. The molecule has 1 amide bonds. The number of nitrogens with zero attached hydrogens (tertiary/aromatic N) is 1. The first-order chi connectivity index (χ1) is 10.2. The van der Waals surface area contributed by atoms with Crippen molar-refractivity contribution in [3.8, 4) is 0 Å². The number of fused-ring (bicyclic) bond motifs is 1. The fourth-order valence-corrected chi connectivity index (χ4v) is 2.45. The van der Waals surface area contributed by atoms with E-state index < -0.39 is 23.1 Å². The topological polar surface area (TPSA) is 62.9 Å². The van der Waals surface area contributed by atoms with E-state index in [1.165, 1.54) is 11.0 Å². The van der Waals surface area contributed by atoms with Gasteiger partial charge in [0.2, 0.25) is 0 Å². The third-order valence-corrected chi connectivity index (χ3v) is 3.51.